The Morgan fingerprint density at radius 2 is 1.71 bits per heavy atom. The normalized spacial score (nSPS) is 18.6. The van der Waals surface area contributed by atoms with Gasteiger partial charge in [0.25, 0.3) is 0 Å². The summed E-state index contributed by atoms with van der Waals surface area (Å²) in [6, 6.07) is 5.98. The lowest BCUT2D eigenvalue weighted by atomic mass is 10.1. The van der Waals surface area contributed by atoms with E-state index < -0.39 is 0 Å². The Labute approximate surface area is 109 Å². The third kappa shape index (κ3) is 3.90. The first kappa shape index (κ1) is 12.7. The van der Waals surface area contributed by atoms with Gasteiger partial charge in [-0.2, -0.15) is 0 Å². The molecule has 1 aromatic carbocycles. The van der Waals surface area contributed by atoms with Crippen LogP contribution in [0.2, 0.25) is 5.02 Å². The van der Waals surface area contributed by atoms with Gasteiger partial charge in [0, 0.05) is 6.54 Å². The number of nitrogen functional groups attached to an aromatic ring is 1. The topological polar surface area (TPSA) is 29.3 Å². The van der Waals surface area contributed by atoms with Crippen LogP contribution in [0.3, 0.4) is 0 Å². The maximum Gasteiger partial charge on any atom is 0.0635 e. The minimum atomic E-state index is 0.654. The maximum absolute atomic E-state index is 5.93. The fourth-order valence-corrected chi connectivity index (χ4v) is 2.54. The number of hydrogen-bond donors (Lipinski definition) is 1. The van der Waals surface area contributed by atoms with Crippen LogP contribution in [0, 0.1) is 0 Å². The fourth-order valence-electron chi connectivity index (χ4n) is 2.42. The molecule has 0 radical (unpaired) electrons. The second-order valence-corrected chi connectivity index (χ2v) is 5.31. The molecule has 0 aromatic heterocycles. The lowest BCUT2D eigenvalue weighted by Gasteiger charge is -2.24. The third-order valence-electron chi connectivity index (χ3n) is 3.42. The molecule has 2 nitrogen and oxygen atoms in total. The summed E-state index contributed by atoms with van der Waals surface area (Å²) in [6.07, 6.45) is 6.80. The highest BCUT2D eigenvalue weighted by atomic mass is 35.5. The number of anilines is 1. The van der Waals surface area contributed by atoms with E-state index in [0.29, 0.717) is 10.7 Å². The lowest BCUT2D eigenvalue weighted by Crippen LogP contribution is -2.26. The molecule has 0 aliphatic carbocycles. The molecule has 0 saturated carbocycles. The SMILES string of the molecule is Nc1cc(CN2CCCCCCC2)ccc1Cl. The van der Waals surface area contributed by atoms with Gasteiger partial charge in [0.1, 0.15) is 0 Å². The van der Waals surface area contributed by atoms with Crippen molar-refractivity contribution in [3.8, 4) is 0 Å². The van der Waals surface area contributed by atoms with E-state index >= 15 is 0 Å². The van der Waals surface area contributed by atoms with Gasteiger partial charge in [0.2, 0.25) is 0 Å². The first-order valence-corrected chi connectivity index (χ1v) is 6.90. The Balaban J connectivity index is 1.95. The summed E-state index contributed by atoms with van der Waals surface area (Å²) in [6.45, 7) is 3.42. The number of benzene rings is 1. The summed E-state index contributed by atoms with van der Waals surface area (Å²) in [5, 5.41) is 0.654. The van der Waals surface area contributed by atoms with Crippen LogP contribution in [0.1, 0.15) is 37.7 Å². The van der Waals surface area contributed by atoms with Crippen LogP contribution in [-0.4, -0.2) is 18.0 Å². The molecule has 2 rings (SSSR count). The van der Waals surface area contributed by atoms with Crippen molar-refractivity contribution >= 4 is 17.3 Å². The summed E-state index contributed by atoms with van der Waals surface area (Å²) >= 11 is 5.93. The average Bonchev–Trinajstić information content (AvgIpc) is 2.27. The van der Waals surface area contributed by atoms with Gasteiger partial charge in [0.05, 0.1) is 10.7 Å². The van der Waals surface area contributed by atoms with Gasteiger partial charge >= 0.3 is 0 Å². The van der Waals surface area contributed by atoms with Crippen molar-refractivity contribution in [1.82, 2.24) is 4.90 Å². The van der Waals surface area contributed by atoms with Crippen molar-refractivity contribution in [1.29, 1.82) is 0 Å². The molecule has 1 saturated heterocycles. The number of nitrogens with two attached hydrogens (primary N) is 1. The zero-order chi connectivity index (χ0) is 12.1. The molecule has 0 atom stereocenters. The summed E-state index contributed by atoms with van der Waals surface area (Å²) < 4.78 is 0. The van der Waals surface area contributed by atoms with Crippen molar-refractivity contribution in [3.63, 3.8) is 0 Å². The van der Waals surface area contributed by atoms with Gasteiger partial charge < -0.3 is 5.73 Å². The van der Waals surface area contributed by atoms with E-state index in [2.05, 4.69) is 11.0 Å². The van der Waals surface area contributed by atoms with Crippen LogP contribution in [0.4, 0.5) is 5.69 Å². The highest BCUT2D eigenvalue weighted by Gasteiger charge is 2.09. The van der Waals surface area contributed by atoms with Crippen LogP contribution < -0.4 is 5.73 Å². The van der Waals surface area contributed by atoms with Gasteiger partial charge in [-0.1, -0.05) is 36.9 Å². The molecule has 0 unspecified atom stereocenters. The smallest absolute Gasteiger partial charge is 0.0635 e. The Morgan fingerprint density at radius 3 is 2.35 bits per heavy atom. The predicted octanol–water partition coefficient (Wildman–Crippen LogP) is 3.69. The van der Waals surface area contributed by atoms with Gasteiger partial charge in [0.15, 0.2) is 0 Å². The van der Waals surface area contributed by atoms with E-state index in [9.17, 15) is 0 Å². The first-order chi connectivity index (χ1) is 8.25. The van der Waals surface area contributed by atoms with Gasteiger partial charge in [-0.25, -0.2) is 0 Å². The average molecular weight is 253 g/mol. The van der Waals surface area contributed by atoms with Gasteiger partial charge in [-0.15, -0.1) is 0 Å². The molecule has 0 amide bonds. The van der Waals surface area contributed by atoms with E-state index in [1.54, 1.807) is 0 Å². The molecule has 94 valence electrons. The number of likely N-dealkylation sites (tertiary alicyclic amines) is 1. The predicted molar refractivity (Wildman–Crippen MR) is 74.2 cm³/mol. The standard InChI is InChI=1S/C14H21ClN2/c15-13-7-6-12(10-14(13)16)11-17-8-4-2-1-3-5-9-17/h6-7,10H,1-5,8-9,11,16H2. The lowest BCUT2D eigenvalue weighted by molar-refractivity contribution is 0.240. The van der Waals surface area contributed by atoms with Crippen molar-refractivity contribution in [3.05, 3.63) is 28.8 Å². The largest absolute Gasteiger partial charge is 0.398 e. The first-order valence-electron chi connectivity index (χ1n) is 6.52. The molecule has 0 spiro atoms. The van der Waals surface area contributed by atoms with Crippen LogP contribution in [0.15, 0.2) is 18.2 Å². The molecule has 2 N–H and O–H groups in total. The minimum absolute atomic E-state index is 0.654. The van der Waals surface area contributed by atoms with Crippen LogP contribution in [-0.2, 0) is 6.54 Å². The van der Waals surface area contributed by atoms with Crippen molar-refractivity contribution in [2.24, 2.45) is 0 Å². The molecule has 1 aliphatic heterocycles. The Hall–Kier alpha value is -0.730. The van der Waals surface area contributed by atoms with Crippen LogP contribution in [0.25, 0.3) is 0 Å². The molecule has 0 bridgehead atoms. The Bertz CT molecular complexity index is 357. The summed E-state index contributed by atoms with van der Waals surface area (Å²) in [4.78, 5) is 2.53. The van der Waals surface area contributed by atoms with Crippen LogP contribution in [0.5, 0.6) is 0 Å². The second kappa shape index (κ2) is 6.27. The van der Waals surface area contributed by atoms with Gasteiger partial charge in [-0.05, 0) is 43.6 Å². The van der Waals surface area contributed by atoms with Crippen molar-refractivity contribution in [2.75, 3.05) is 18.8 Å². The van der Waals surface area contributed by atoms with Crippen LogP contribution >= 0.6 is 11.6 Å². The quantitative estimate of drug-likeness (QED) is 0.814. The maximum atomic E-state index is 5.93. The Kier molecular flexibility index (Phi) is 4.69. The summed E-state index contributed by atoms with van der Waals surface area (Å²) in [7, 11) is 0. The third-order valence-corrected chi connectivity index (χ3v) is 3.76. The van der Waals surface area contributed by atoms with E-state index in [4.69, 9.17) is 17.3 Å². The van der Waals surface area contributed by atoms with E-state index in [1.165, 1.54) is 50.8 Å². The van der Waals surface area contributed by atoms with E-state index in [0.717, 1.165) is 6.54 Å². The summed E-state index contributed by atoms with van der Waals surface area (Å²) in [5.41, 5.74) is 7.79. The highest BCUT2D eigenvalue weighted by molar-refractivity contribution is 6.33. The molecule has 1 aromatic rings. The fraction of sp³-hybridized carbons (Fsp3) is 0.571. The van der Waals surface area contributed by atoms with E-state index in [-0.39, 0.29) is 0 Å². The minimum Gasteiger partial charge on any atom is -0.398 e. The Morgan fingerprint density at radius 1 is 1.06 bits per heavy atom. The van der Waals surface area contributed by atoms with Crippen molar-refractivity contribution < 1.29 is 0 Å². The molecule has 3 heteroatoms. The number of halogens is 1. The molecule has 17 heavy (non-hydrogen) atoms. The zero-order valence-corrected chi connectivity index (χ0v) is 11.0. The zero-order valence-electron chi connectivity index (χ0n) is 10.3. The second-order valence-electron chi connectivity index (χ2n) is 4.90. The van der Waals surface area contributed by atoms with Gasteiger partial charge in [-0.3, -0.25) is 4.90 Å². The molecule has 1 heterocycles. The number of rotatable bonds is 2. The van der Waals surface area contributed by atoms with Crippen molar-refractivity contribution in [2.45, 2.75) is 38.6 Å². The monoisotopic (exact) mass is 252 g/mol. The molecule has 1 aliphatic rings. The number of nitrogens with zero attached hydrogens (tertiary/aromatic N) is 1. The molecular formula is C14H21ClN2. The summed E-state index contributed by atoms with van der Waals surface area (Å²) in [5.74, 6) is 0. The molecular weight excluding hydrogens is 232 g/mol. The highest BCUT2D eigenvalue weighted by Crippen LogP contribution is 2.21. The molecule has 1 fully saturated rings. The number of hydrogen-bond acceptors (Lipinski definition) is 2. The van der Waals surface area contributed by atoms with E-state index in [1.807, 2.05) is 12.1 Å².